The lowest BCUT2D eigenvalue weighted by Gasteiger charge is -2.36. The van der Waals surface area contributed by atoms with Crippen LogP contribution in [0.1, 0.15) is 43.1 Å². The molecule has 0 saturated carbocycles. The van der Waals surface area contributed by atoms with E-state index in [1.807, 2.05) is 43.3 Å². The number of anilines is 1. The van der Waals surface area contributed by atoms with Crippen molar-refractivity contribution < 1.29 is 33.5 Å². The second kappa shape index (κ2) is 13.9. The fraction of sp³-hybridized carbons (Fsp3) is 0.500. The lowest BCUT2D eigenvalue weighted by molar-refractivity contribution is -0.134. The summed E-state index contributed by atoms with van der Waals surface area (Å²) in [6.07, 6.45) is 2.42. The van der Waals surface area contributed by atoms with Crippen LogP contribution in [-0.2, 0) is 14.1 Å². The van der Waals surface area contributed by atoms with Crippen LogP contribution in [0.4, 0.5) is 10.5 Å². The van der Waals surface area contributed by atoms with Crippen LogP contribution in [-0.4, -0.2) is 101 Å². The van der Waals surface area contributed by atoms with Gasteiger partial charge in [-0.1, -0.05) is 43.7 Å². The van der Waals surface area contributed by atoms with E-state index in [4.69, 9.17) is 4.74 Å². The molecule has 2 aromatic rings. The van der Waals surface area contributed by atoms with Crippen molar-refractivity contribution in [1.82, 2.24) is 20.1 Å². The average Bonchev–Trinajstić information content (AvgIpc) is 3.51. The molecule has 3 N–H and O–H groups in total. The van der Waals surface area contributed by atoms with Crippen molar-refractivity contribution in [2.24, 2.45) is 0 Å². The number of benzene rings is 1. The van der Waals surface area contributed by atoms with E-state index in [1.54, 1.807) is 6.07 Å². The zero-order valence-corrected chi connectivity index (χ0v) is 24.2. The highest BCUT2D eigenvalue weighted by molar-refractivity contribution is 7.51. The van der Waals surface area contributed by atoms with Crippen LogP contribution in [0.5, 0.6) is 0 Å². The quantitative estimate of drug-likeness (QED) is 0.281. The summed E-state index contributed by atoms with van der Waals surface area (Å²) in [7, 11) is -4.68. The zero-order chi connectivity index (χ0) is 29.4. The standard InChI is InChI=1S/C28H38N5O7P/c1-2-3-17-40-28(36)33-15-13-32(14-16-33)27(35)25(20-41(37,38)39)30-26(34)24-19-22(31-11-7-8-12-31)18-23(29-24)21-9-5-4-6-10-21/h4-6,9-10,18-19,25H,2-3,7-8,11-17,20H2,1H3,(H,30,34)(H2,37,38,39). The van der Waals surface area contributed by atoms with E-state index in [2.05, 4.69) is 15.2 Å². The van der Waals surface area contributed by atoms with Crippen molar-refractivity contribution in [2.75, 3.05) is 56.9 Å². The first kappa shape index (κ1) is 30.5. The molecule has 41 heavy (non-hydrogen) atoms. The molecule has 4 rings (SSSR count). The van der Waals surface area contributed by atoms with Crippen LogP contribution in [0.25, 0.3) is 11.3 Å². The number of carbonyl (C=O) groups excluding carboxylic acids is 3. The first-order valence-electron chi connectivity index (χ1n) is 14.0. The van der Waals surface area contributed by atoms with E-state index >= 15 is 0 Å². The summed E-state index contributed by atoms with van der Waals surface area (Å²) >= 11 is 0. The van der Waals surface area contributed by atoms with Crippen molar-refractivity contribution in [2.45, 2.75) is 38.6 Å². The van der Waals surface area contributed by atoms with Gasteiger partial charge in [-0.2, -0.15) is 0 Å². The summed E-state index contributed by atoms with van der Waals surface area (Å²) in [6, 6.07) is 11.5. The zero-order valence-electron chi connectivity index (χ0n) is 23.3. The van der Waals surface area contributed by atoms with Crippen LogP contribution in [0.2, 0.25) is 0 Å². The molecule has 1 aromatic carbocycles. The molecule has 222 valence electrons. The molecule has 0 aliphatic carbocycles. The number of nitrogens with zero attached hydrogens (tertiary/aromatic N) is 4. The van der Waals surface area contributed by atoms with Gasteiger partial charge in [-0.05, 0) is 31.4 Å². The number of hydrogen-bond donors (Lipinski definition) is 3. The Labute approximate surface area is 239 Å². The Hall–Kier alpha value is -3.47. The highest BCUT2D eigenvalue weighted by Gasteiger charge is 2.35. The molecule has 13 heteroatoms. The van der Waals surface area contributed by atoms with E-state index in [-0.39, 0.29) is 31.9 Å². The van der Waals surface area contributed by atoms with Crippen molar-refractivity contribution >= 4 is 31.2 Å². The maximum atomic E-state index is 13.5. The highest BCUT2D eigenvalue weighted by Crippen LogP contribution is 2.35. The van der Waals surface area contributed by atoms with Crippen molar-refractivity contribution in [3.63, 3.8) is 0 Å². The minimum absolute atomic E-state index is 0.0522. The van der Waals surface area contributed by atoms with Crippen LogP contribution >= 0.6 is 7.60 Å². The fourth-order valence-corrected chi connectivity index (χ4v) is 5.65. The van der Waals surface area contributed by atoms with E-state index in [1.165, 1.54) is 9.80 Å². The Bertz CT molecular complexity index is 1260. The number of unbranched alkanes of at least 4 members (excludes halogenated alkanes) is 1. The smallest absolute Gasteiger partial charge is 0.409 e. The minimum atomic E-state index is -4.68. The van der Waals surface area contributed by atoms with Crippen LogP contribution in [0.3, 0.4) is 0 Å². The molecule has 2 aliphatic heterocycles. The third-order valence-corrected chi connectivity index (χ3v) is 8.02. The van der Waals surface area contributed by atoms with E-state index in [0.29, 0.717) is 12.3 Å². The molecule has 3 amide bonds. The molecule has 1 atom stereocenters. The number of hydrogen-bond acceptors (Lipinski definition) is 7. The van der Waals surface area contributed by atoms with Gasteiger partial charge in [0.15, 0.2) is 0 Å². The predicted octanol–water partition coefficient (Wildman–Crippen LogP) is 2.71. The lowest BCUT2D eigenvalue weighted by Crippen LogP contribution is -2.56. The molecule has 1 aromatic heterocycles. The number of piperazine rings is 1. The molecule has 0 spiro atoms. The third-order valence-electron chi connectivity index (χ3n) is 7.18. The van der Waals surface area contributed by atoms with Gasteiger partial charge in [0.2, 0.25) is 5.91 Å². The van der Waals surface area contributed by atoms with Crippen LogP contribution in [0.15, 0.2) is 42.5 Å². The monoisotopic (exact) mass is 587 g/mol. The number of aromatic nitrogens is 1. The fourth-order valence-electron chi connectivity index (χ4n) is 4.93. The Morgan fingerprint density at radius 2 is 1.66 bits per heavy atom. The van der Waals surface area contributed by atoms with Crippen LogP contribution in [0, 0.1) is 0 Å². The summed E-state index contributed by atoms with van der Waals surface area (Å²) in [5.74, 6) is -1.33. The van der Waals surface area contributed by atoms with Gasteiger partial charge in [-0.25, -0.2) is 9.78 Å². The maximum Gasteiger partial charge on any atom is 0.409 e. The molecule has 12 nitrogen and oxygen atoms in total. The Kier molecular flexibility index (Phi) is 10.4. The normalized spacial score (nSPS) is 16.4. The Morgan fingerprint density at radius 1 is 1.00 bits per heavy atom. The summed E-state index contributed by atoms with van der Waals surface area (Å²) in [4.78, 5) is 68.1. The SMILES string of the molecule is CCCCOC(=O)N1CCN(C(=O)C(CP(=O)(O)O)NC(=O)c2cc(N3CCCC3)cc(-c3ccccc3)n2)CC1. The third kappa shape index (κ3) is 8.51. The number of rotatable bonds is 10. The molecule has 3 heterocycles. The van der Waals surface area contributed by atoms with Gasteiger partial charge in [0, 0.05) is 50.5 Å². The number of amides is 3. The first-order chi connectivity index (χ1) is 19.6. The summed E-state index contributed by atoms with van der Waals surface area (Å²) in [6.45, 7) is 4.73. The molecular weight excluding hydrogens is 549 g/mol. The Balaban J connectivity index is 1.50. The van der Waals surface area contributed by atoms with Gasteiger partial charge in [0.1, 0.15) is 11.7 Å². The minimum Gasteiger partial charge on any atom is -0.449 e. The second-order valence-electron chi connectivity index (χ2n) is 10.3. The topological polar surface area (TPSA) is 153 Å². The van der Waals surface area contributed by atoms with Gasteiger partial charge >= 0.3 is 13.7 Å². The van der Waals surface area contributed by atoms with Crippen molar-refractivity contribution in [1.29, 1.82) is 0 Å². The number of ether oxygens (including phenoxy) is 1. The molecule has 2 saturated heterocycles. The molecule has 0 radical (unpaired) electrons. The molecule has 2 fully saturated rings. The van der Waals surface area contributed by atoms with E-state index in [9.17, 15) is 28.7 Å². The number of nitrogens with one attached hydrogen (secondary N) is 1. The highest BCUT2D eigenvalue weighted by atomic mass is 31.2. The second-order valence-corrected chi connectivity index (χ2v) is 12.0. The van der Waals surface area contributed by atoms with Gasteiger partial charge in [-0.15, -0.1) is 0 Å². The van der Waals surface area contributed by atoms with E-state index in [0.717, 1.165) is 50.0 Å². The van der Waals surface area contributed by atoms with Crippen molar-refractivity contribution in [3.8, 4) is 11.3 Å². The lowest BCUT2D eigenvalue weighted by atomic mass is 10.1. The predicted molar refractivity (Wildman–Crippen MR) is 154 cm³/mol. The number of pyridine rings is 1. The van der Waals surface area contributed by atoms with Gasteiger partial charge in [-0.3, -0.25) is 14.2 Å². The molecule has 1 unspecified atom stereocenters. The van der Waals surface area contributed by atoms with Crippen molar-refractivity contribution in [3.05, 3.63) is 48.2 Å². The first-order valence-corrected chi connectivity index (χ1v) is 15.8. The maximum absolute atomic E-state index is 13.5. The summed E-state index contributed by atoms with van der Waals surface area (Å²) in [5.41, 5.74) is 2.27. The molecular formula is C28H38N5O7P. The van der Waals surface area contributed by atoms with E-state index < -0.39 is 37.7 Å². The van der Waals surface area contributed by atoms with Gasteiger partial charge in [0.25, 0.3) is 5.91 Å². The molecule has 0 bridgehead atoms. The summed E-state index contributed by atoms with van der Waals surface area (Å²) < 4.78 is 17.2. The van der Waals surface area contributed by atoms with Crippen LogP contribution < -0.4 is 10.2 Å². The number of carbonyl (C=O) groups is 3. The van der Waals surface area contributed by atoms with Gasteiger partial charge < -0.3 is 34.5 Å². The summed E-state index contributed by atoms with van der Waals surface area (Å²) in [5, 5.41) is 2.54. The largest absolute Gasteiger partial charge is 0.449 e. The van der Waals surface area contributed by atoms with Gasteiger partial charge in [0.05, 0.1) is 18.5 Å². The Morgan fingerprint density at radius 3 is 2.29 bits per heavy atom. The average molecular weight is 588 g/mol. The molecule has 2 aliphatic rings.